The molecule has 3 aromatic carbocycles. The monoisotopic (exact) mass is 570 g/mol. The van der Waals surface area contributed by atoms with Crippen LogP contribution in [0.3, 0.4) is 0 Å². The minimum Gasteiger partial charge on any atom is -0.226 e. The van der Waals surface area contributed by atoms with Gasteiger partial charge in [0.15, 0.2) is 0 Å². The summed E-state index contributed by atoms with van der Waals surface area (Å²) in [6.45, 7) is 0.522. The first-order valence-electron chi connectivity index (χ1n) is 10.3. The molecule has 6 nitrogen and oxygen atoms in total. The minimum absolute atomic E-state index is 0.466. The third-order valence-electron chi connectivity index (χ3n) is 5.02. The highest BCUT2D eigenvalue weighted by molar-refractivity contribution is 9.10. The zero-order valence-electron chi connectivity index (χ0n) is 17.6. The van der Waals surface area contributed by atoms with Crippen LogP contribution in [0.2, 0.25) is 10.0 Å². The van der Waals surface area contributed by atoms with Crippen molar-refractivity contribution in [2.24, 2.45) is 0 Å². The normalized spacial score (nSPS) is 11.1. The molecule has 0 radical (unpaired) electrons. The first kappa shape index (κ1) is 23.1. The second-order valence-electron chi connectivity index (χ2n) is 7.42. The molecule has 2 aromatic heterocycles. The van der Waals surface area contributed by atoms with E-state index in [-0.39, 0.29) is 0 Å². The van der Waals surface area contributed by atoms with Crippen LogP contribution in [0.4, 0.5) is 0 Å². The molecule has 0 aliphatic rings. The Balaban J connectivity index is 1.48. The maximum atomic E-state index is 6.28. The second-order valence-corrected chi connectivity index (χ2v) is 10.1. The third kappa shape index (κ3) is 5.20. The van der Waals surface area contributed by atoms with E-state index in [9.17, 15) is 0 Å². The Kier molecular flexibility index (Phi) is 7.01. The molecule has 0 amide bonds. The van der Waals surface area contributed by atoms with Crippen molar-refractivity contribution in [3.8, 4) is 17.1 Å². The number of nitrogens with zero attached hydrogens (tertiary/aromatic N) is 6. The fourth-order valence-corrected chi connectivity index (χ4v) is 4.95. The molecule has 10 heteroatoms. The average Bonchev–Trinajstić information content (AvgIpc) is 3.48. The van der Waals surface area contributed by atoms with Gasteiger partial charge in [0.25, 0.3) is 0 Å². The van der Waals surface area contributed by atoms with Crippen LogP contribution in [0.5, 0.6) is 0 Å². The Morgan fingerprint density at radius 2 is 1.68 bits per heavy atom. The Morgan fingerprint density at radius 1 is 0.882 bits per heavy atom. The summed E-state index contributed by atoms with van der Waals surface area (Å²) >= 11 is 17.5. The SMILES string of the molecule is Clc1ccc(-n2ncc(-c3nnn(Cc4ccc(Br)cc4)n3)c2SCc2ccccc2)cc1Cl. The fourth-order valence-electron chi connectivity index (χ4n) is 3.33. The van der Waals surface area contributed by atoms with Crippen LogP contribution in [0, 0.1) is 0 Å². The number of rotatable bonds is 7. The van der Waals surface area contributed by atoms with Gasteiger partial charge in [0.1, 0.15) is 5.03 Å². The number of thioether (sulfide) groups is 1. The molecule has 0 atom stereocenters. The summed E-state index contributed by atoms with van der Waals surface area (Å²) in [7, 11) is 0. The summed E-state index contributed by atoms with van der Waals surface area (Å²) < 4.78 is 2.86. The lowest BCUT2D eigenvalue weighted by atomic mass is 10.2. The Bertz CT molecular complexity index is 1420. The summed E-state index contributed by atoms with van der Waals surface area (Å²) in [6.07, 6.45) is 1.76. The van der Waals surface area contributed by atoms with Gasteiger partial charge in [-0.15, -0.1) is 22.0 Å². The van der Waals surface area contributed by atoms with Gasteiger partial charge in [-0.05, 0) is 46.7 Å². The molecule has 34 heavy (non-hydrogen) atoms. The van der Waals surface area contributed by atoms with Crippen LogP contribution in [-0.2, 0) is 12.3 Å². The molecule has 170 valence electrons. The number of tetrazole rings is 1. The van der Waals surface area contributed by atoms with Crippen molar-refractivity contribution in [1.82, 2.24) is 30.0 Å². The van der Waals surface area contributed by atoms with Crippen molar-refractivity contribution in [2.75, 3.05) is 0 Å². The van der Waals surface area contributed by atoms with Crippen LogP contribution < -0.4 is 0 Å². The quantitative estimate of drug-likeness (QED) is 0.198. The largest absolute Gasteiger partial charge is 0.226 e. The highest BCUT2D eigenvalue weighted by Gasteiger charge is 2.19. The zero-order chi connectivity index (χ0) is 23.5. The number of benzene rings is 3. The molecule has 0 spiro atoms. The smallest absolute Gasteiger partial charge is 0.209 e. The third-order valence-corrected chi connectivity index (χ3v) is 7.43. The molecule has 0 N–H and O–H groups in total. The first-order chi connectivity index (χ1) is 16.6. The molecule has 2 heterocycles. The highest BCUT2D eigenvalue weighted by Crippen LogP contribution is 2.35. The van der Waals surface area contributed by atoms with E-state index in [0.717, 1.165) is 32.1 Å². The summed E-state index contributed by atoms with van der Waals surface area (Å²) in [5, 5.41) is 19.7. The van der Waals surface area contributed by atoms with Crippen molar-refractivity contribution in [3.63, 3.8) is 0 Å². The number of halogens is 3. The van der Waals surface area contributed by atoms with Crippen LogP contribution in [0.25, 0.3) is 17.1 Å². The van der Waals surface area contributed by atoms with Gasteiger partial charge >= 0.3 is 0 Å². The topological polar surface area (TPSA) is 61.4 Å². The van der Waals surface area contributed by atoms with Crippen molar-refractivity contribution in [3.05, 3.63) is 105 Å². The zero-order valence-corrected chi connectivity index (χ0v) is 21.6. The van der Waals surface area contributed by atoms with E-state index < -0.39 is 0 Å². The lowest BCUT2D eigenvalue weighted by molar-refractivity contribution is 0.573. The molecule has 0 aliphatic heterocycles. The molecule has 0 aliphatic carbocycles. The Labute approximate surface area is 219 Å². The van der Waals surface area contributed by atoms with Crippen LogP contribution >= 0.6 is 50.9 Å². The van der Waals surface area contributed by atoms with Crippen molar-refractivity contribution in [1.29, 1.82) is 0 Å². The number of aromatic nitrogens is 6. The van der Waals surface area contributed by atoms with Gasteiger partial charge in [-0.25, -0.2) is 4.68 Å². The van der Waals surface area contributed by atoms with E-state index in [1.165, 1.54) is 5.56 Å². The lowest BCUT2D eigenvalue weighted by Gasteiger charge is -2.09. The molecule has 0 unspecified atom stereocenters. The predicted molar refractivity (Wildman–Crippen MR) is 140 cm³/mol. The molecule has 5 aromatic rings. The van der Waals surface area contributed by atoms with E-state index >= 15 is 0 Å². The minimum atomic E-state index is 0.466. The molecule has 0 fully saturated rings. The van der Waals surface area contributed by atoms with Crippen LogP contribution in [-0.4, -0.2) is 30.0 Å². The maximum absolute atomic E-state index is 6.28. The van der Waals surface area contributed by atoms with Crippen molar-refractivity contribution < 1.29 is 0 Å². The molecule has 0 saturated heterocycles. The molecule has 5 rings (SSSR count). The van der Waals surface area contributed by atoms with Gasteiger partial charge < -0.3 is 0 Å². The van der Waals surface area contributed by atoms with Gasteiger partial charge in [0.2, 0.25) is 5.82 Å². The summed E-state index contributed by atoms with van der Waals surface area (Å²) in [5.41, 5.74) is 3.89. The molecular formula is C24H17BrCl2N6S. The van der Waals surface area contributed by atoms with E-state index in [0.29, 0.717) is 22.4 Å². The van der Waals surface area contributed by atoms with Crippen molar-refractivity contribution >= 4 is 50.9 Å². The van der Waals surface area contributed by atoms with Gasteiger partial charge in [-0.3, -0.25) is 0 Å². The summed E-state index contributed by atoms with van der Waals surface area (Å²) in [5.74, 6) is 1.27. The van der Waals surface area contributed by atoms with Gasteiger partial charge in [-0.1, -0.05) is 81.6 Å². The van der Waals surface area contributed by atoms with E-state index in [2.05, 4.69) is 48.6 Å². The van der Waals surface area contributed by atoms with E-state index in [4.69, 9.17) is 23.2 Å². The van der Waals surface area contributed by atoms with Crippen LogP contribution in [0.1, 0.15) is 11.1 Å². The summed E-state index contributed by atoms with van der Waals surface area (Å²) in [4.78, 5) is 1.58. The maximum Gasteiger partial charge on any atom is 0.209 e. The Morgan fingerprint density at radius 3 is 2.44 bits per heavy atom. The average molecular weight is 572 g/mol. The van der Waals surface area contributed by atoms with Gasteiger partial charge in [-0.2, -0.15) is 9.90 Å². The Hall–Kier alpha value is -2.65. The van der Waals surface area contributed by atoms with E-state index in [1.54, 1.807) is 34.9 Å². The number of hydrogen-bond donors (Lipinski definition) is 0. The summed E-state index contributed by atoms with van der Waals surface area (Å²) in [6, 6.07) is 23.7. The van der Waals surface area contributed by atoms with E-state index in [1.807, 2.05) is 53.2 Å². The highest BCUT2D eigenvalue weighted by atomic mass is 79.9. The van der Waals surface area contributed by atoms with Gasteiger partial charge in [0, 0.05) is 10.2 Å². The second kappa shape index (κ2) is 10.3. The van der Waals surface area contributed by atoms with Gasteiger partial charge in [0.05, 0.1) is 34.0 Å². The lowest BCUT2D eigenvalue weighted by Crippen LogP contribution is -2.04. The van der Waals surface area contributed by atoms with Crippen molar-refractivity contribution in [2.45, 2.75) is 17.3 Å². The fraction of sp³-hybridized carbons (Fsp3) is 0.0833. The predicted octanol–water partition coefficient (Wildman–Crippen LogP) is 6.94. The number of hydrogen-bond acceptors (Lipinski definition) is 5. The van der Waals surface area contributed by atoms with Crippen LogP contribution in [0.15, 0.2) is 88.5 Å². The first-order valence-corrected chi connectivity index (χ1v) is 12.8. The standard InChI is InChI=1S/C24H17BrCl2N6S/c25-18-8-6-16(7-9-18)14-32-30-23(29-31-32)20-13-28-33(19-10-11-21(26)22(27)12-19)24(20)34-15-17-4-2-1-3-5-17/h1-13H,14-15H2. The molecular weight excluding hydrogens is 555 g/mol. The molecule has 0 bridgehead atoms. The molecule has 0 saturated carbocycles.